The Morgan fingerprint density at radius 2 is 2.10 bits per heavy atom. The summed E-state index contributed by atoms with van der Waals surface area (Å²) >= 11 is 0. The highest BCUT2D eigenvalue weighted by molar-refractivity contribution is 4.49. The second-order valence-electron chi connectivity index (χ2n) is 2.34. The van der Waals surface area contributed by atoms with Gasteiger partial charge in [-0.2, -0.15) is 0 Å². The van der Waals surface area contributed by atoms with Crippen LogP contribution in [0.15, 0.2) is 0 Å². The van der Waals surface area contributed by atoms with E-state index < -0.39 is 0 Å². The van der Waals surface area contributed by atoms with Crippen LogP contribution in [0.25, 0.3) is 0 Å². The molecule has 0 aliphatic heterocycles. The van der Waals surface area contributed by atoms with E-state index in [0.717, 1.165) is 19.6 Å². The van der Waals surface area contributed by atoms with E-state index in [1.807, 2.05) is 0 Å². The number of hydrazine groups is 1. The van der Waals surface area contributed by atoms with Gasteiger partial charge in [-0.15, -0.1) is 0 Å². The van der Waals surface area contributed by atoms with E-state index in [1.54, 1.807) is 0 Å². The molecular formula is C8H19N2. The maximum atomic E-state index is 3.73. The Kier molecular flexibility index (Phi) is 6.98. The fraction of sp³-hybridized carbons (Fsp3) is 0.875. The van der Waals surface area contributed by atoms with Crippen molar-refractivity contribution in [2.24, 2.45) is 0 Å². The van der Waals surface area contributed by atoms with Crippen LogP contribution in [0, 0.1) is 6.92 Å². The average Bonchev–Trinajstić information content (AvgIpc) is 1.98. The van der Waals surface area contributed by atoms with Gasteiger partial charge in [-0.1, -0.05) is 20.3 Å². The van der Waals surface area contributed by atoms with Crippen LogP contribution < -0.4 is 5.43 Å². The van der Waals surface area contributed by atoms with E-state index in [0.29, 0.717) is 0 Å². The zero-order valence-corrected chi connectivity index (χ0v) is 7.19. The molecule has 0 rings (SSSR count). The molecule has 0 aromatic heterocycles. The fourth-order valence-electron chi connectivity index (χ4n) is 0.856. The van der Waals surface area contributed by atoms with Gasteiger partial charge in [0.15, 0.2) is 0 Å². The molecule has 0 aromatic carbocycles. The van der Waals surface area contributed by atoms with Crippen LogP contribution in [0.2, 0.25) is 0 Å². The SMILES string of the molecule is [CH2]CNN(CC)CCCC. The van der Waals surface area contributed by atoms with Crippen LogP contribution in [-0.2, 0) is 0 Å². The van der Waals surface area contributed by atoms with Crippen molar-refractivity contribution in [1.29, 1.82) is 0 Å². The van der Waals surface area contributed by atoms with Gasteiger partial charge in [-0.3, -0.25) is 5.43 Å². The molecule has 0 heterocycles. The molecule has 0 aliphatic rings. The van der Waals surface area contributed by atoms with Crippen LogP contribution in [0.4, 0.5) is 0 Å². The van der Waals surface area contributed by atoms with Gasteiger partial charge in [0, 0.05) is 19.6 Å². The molecule has 0 aromatic rings. The summed E-state index contributed by atoms with van der Waals surface area (Å²) in [7, 11) is 0. The van der Waals surface area contributed by atoms with Gasteiger partial charge in [0.25, 0.3) is 0 Å². The van der Waals surface area contributed by atoms with Crippen LogP contribution >= 0.6 is 0 Å². The third kappa shape index (κ3) is 4.77. The molecule has 0 amide bonds. The smallest absolute Gasteiger partial charge is 0.0130 e. The van der Waals surface area contributed by atoms with Gasteiger partial charge in [-0.05, 0) is 13.3 Å². The zero-order chi connectivity index (χ0) is 7.82. The van der Waals surface area contributed by atoms with E-state index in [4.69, 9.17) is 0 Å². The molecule has 2 heteroatoms. The van der Waals surface area contributed by atoms with Gasteiger partial charge in [-0.25, -0.2) is 5.01 Å². The third-order valence-corrected chi connectivity index (χ3v) is 1.50. The Balaban J connectivity index is 3.21. The van der Waals surface area contributed by atoms with Crippen molar-refractivity contribution >= 4 is 0 Å². The summed E-state index contributed by atoms with van der Waals surface area (Å²) in [5.74, 6) is 0. The lowest BCUT2D eigenvalue weighted by molar-refractivity contribution is 0.204. The minimum atomic E-state index is 0.789. The second kappa shape index (κ2) is 7.03. The molecule has 2 nitrogen and oxygen atoms in total. The predicted molar refractivity (Wildman–Crippen MR) is 45.5 cm³/mol. The third-order valence-electron chi connectivity index (χ3n) is 1.50. The van der Waals surface area contributed by atoms with Crippen molar-refractivity contribution < 1.29 is 0 Å². The van der Waals surface area contributed by atoms with Crippen LogP contribution in [0.1, 0.15) is 26.7 Å². The predicted octanol–water partition coefficient (Wildman–Crippen LogP) is 1.45. The van der Waals surface area contributed by atoms with Crippen molar-refractivity contribution in [2.45, 2.75) is 26.7 Å². The first-order valence-electron chi connectivity index (χ1n) is 4.12. The normalized spacial score (nSPS) is 10.8. The van der Waals surface area contributed by atoms with E-state index in [2.05, 4.69) is 31.2 Å². The van der Waals surface area contributed by atoms with Gasteiger partial charge in [0.1, 0.15) is 0 Å². The second-order valence-corrected chi connectivity index (χ2v) is 2.34. The Hall–Kier alpha value is -0.0800. The number of rotatable bonds is 6. The summed E-state index contributed by atoms with van der Waals surface area (Å²) in [6, 6.07) is 0. The highest BCUT2D eigenvalue weighted by atomic mass is 15.5. The maximum Gasteiger partial charge on any atom is 0.0130 e. The quantitative estimate of drug-likeness (QED) is 0.566. The monoisotopic (exact) mass is 143 g/mol. The van der Waals surface area contributed by atoms with Crippen LogP contribution in [0.3, 0.4) is 0 Å². The fourth-order valence-corrected chi connectivity index (χ4v) is 0.856. The molecule has 0 bridgehead atoms. The minimum Gasteiger partial charge on any atom is -0.255 e. The molecular weight excluding hydrogens is 124 g/mol. The van der Waals surface area contributed by atoms with Gasteiger partial charge in [0.05, 0.1) is 0 Å². The summed E-state index contributed by atoms with van der Waals surface area (Å²) in [5, 5.41) is 2.20. The zero-order valence-electron chi connectivity index (χ0n) is 7.19. The molecule has 0 saturated heterocycles. The summed E-state index contributed by atoms with van der Waals surface area (Å²) in [6.07, 6.45) is 2.52. The summed E-state index contributed by atoms with van der Waals surface area (Å²) in [5.41, 5.74) is 3.19. The van der Waals surface area contributed by atoms with Crippen molar-refractivity contribution in [2.75, 3.05) is 19.6 Å². The first-order valence-corrected chi connectivity index (χ1v) is 4.12. The van der Waals surface area contributed by atoms with E-state index >= 15 is 0 Å². The number of nitrogens with one attached hydrogen (secondary N) is 1. The van der Waals surface area contributed by atoms with Crippen molar-refractivity contribution in [3.05, 3.63) is 6.92 Å². The first kappa shape index (κ1) is 9.92. The van der Waals surface area contributed by atoms with Crippen molar-refractivity contribution in [3.63, 3.8) is 0 Å². The largest absolute Gasteiger partial charge is 0.255 e. The van der Waals surface area contributed by atoms with Crippen molar-refractivity contribution in [3.8, 4) is 0 Å². The lowest BCUT2D eigenvalue weighted by Crippen LogP contribution is -2.38. The molecule has 61 valence electrons. The Morgan fingerprint density at radius 1 is 1.40 bits per heavy atom. The highest BCUT2D eigenvalue weighted by Gasteiger charge is 1.96. The van der Waals surface area contributed by atoms with Gasteiger partial charge < -0.3 is 0 Å². The Labute approximate surface area is 64.6 Å². The van der Waals surface area contributed by atoms with Crippen molar-refractivity contribution in [1.82, 2.24) is 10.4 Å². The Morgan fingerprint density at radius 3 is 2.50 bits per heavy atom. The summed E-state index contributed by atoms with van der Waals surface area (Å²) < 4.78 is 0. The topological polar surface area (TPSA) is 15.3 Å². The molecule has 1 radical (unpaired) electrons. The Bertz CT molecular complexity index is 64.3. The first-order chi connectivity index (χ1) is 4.85. The molecule has 0 saturated carbocycles. The lowest BCUT2D eigenvalue weighted by Gasteiger charge is -2.19. The van der Waals surface area contributed by atoms with Gasteiger partial charge >= 0.3 is 0 Å². The highest BCUT2D eigenvalue weighted by Crippen LogP contribution is 1.89. The number of nitrogens with zero attached hydrogens (tertiary/aromatic N) is 1. The molecule has 0 atom stereocenters. The lowest BCUT2D eigenvalue weighted by atomic mass is 10.3. The average molecular weight is 143 g/mol. The molecule has 0 spiro atoms. The van der Waals surface area contributed by atoms with Crippen LogP contribution in [-0.4, -0.2) is 24.6 Å². The number of hydrogen-bond donors (Lipinski definition) is 1. The van der Waals surface area contributed by atoms with E-state index in [1.165, 1.54) is 12.8 Å². The minimum absolute atomic E-state index is 0.789. The maximum absolute atomic E-state index is 3.73. The van der Waals surface area contributed by atoms with E-state index in [-0.39, 0.29) is 0 Å². The van der Waals surface area contributed by atoms with E-state index in [9.17, 15) is 0 Å². The summed E-state index contributed by atoms with van der Waals surface area (Å²) in [4.78, 5) is 0. The standard InChI is InChI=1S/C8H19N2/c1-4-7-8-10(6-3)9-5-2/h9H,2,4-8H2,1,3H3. The number of unbranched alkanes of at least 4 members (excludes halogenated alkanes) is 1. The molecule has 1 N–H and O–H groups in total. The summed E-state index contributed by atoms with van der Waals surface area (Å²) in [6.45, 7) is 11.1. The van der Waals surface area contributed by atoms with Crippen LogP contribution in [0.5, 0.6) is 0 Å². The molecule has 10 heavy (non-hydrogen) atoms. The molecule has 0 aliphatic carbocycles. The number of hydrogen-bond acceptors (Lipinski definition) is 2. The van der Waals surface area contributed by atoms with Gasteiger partial charge in [0.2, 0.25) is 0 Å². The molecule has 0 fully saturated rings. The molecule has 0 unspecified atom stereocenters.